The molecule has 1 N–H and O–H groups in total. The third-order valence-electron chi connectivity index (χ3n) is 5.10. The maximum Gasteiger partial charge on any atom is 0.416 e. The van der Waals surface area contributed by atoms with E-state index in [2.05, 4.69) is 5.32 Å². The lowest BCUT2D eigenvalue weighted by atomic mass is 10.1. The van der Waals surface area contributed by atoms with Crippen LogP contribution in [0, 0.1) is 0 Å². The van der Waals surface area contributed by atoms with E-state index in [9.17, 15) is 22.8 Å². The van der Waals surface area contributed by atoms with Crippen LogP contribution in [-0.2, 0) is 11.0 Å². The van der Waals surface area contributed by atoms with E-state index in [0.717, 1.165) is 17.7 Å². The highest BCUT2D eigenvalue weighted by atomic mass is 32.2. The lowest BCUT2D eigenvalue weighted by Gasteiger charge is -2.25. The van der Waals surface area contributed by atoms with Crippen molar-refractivity contribution in [3.05, 3.63) is 89.5 Å². The van der Waals surface area contributed by atoms with Gasteiger partial charge in [0.15, 0.2) is 0 Å². The minimum absolute atomic E-state index is 0.199. The van der Waals surface area contributed by atoms with Gasteiger partial charge in [-0.25, -0.2) is 0 Å². The van der Waals surface area contributed by atoms with Crippen LogP contribution in [-0.4, -0.2) is 24.7 Å². The smallest absolute Gasteiger partial charge is 0.416 e. The fraction of sp³-hybridized carbons (Fsp3) is 0.167. The number of carbonyl (C=O) groups is 2. The van der Waals surface area contributed by atoms with Crippen LogP contribution in [0.3, 0.4) is 0 Å². The molecule has 33 heavy (non-hydrogen) atoms. The van der Waals surface area contributed by atoms with E-state index in [0.29, 0.717) is 22.7 Å². The van der Waals surface area contributed by atoms with E-state index in [1.54, 1.807) is 42.5 Å². The number of halogens is 3. The molecule has 0 saturated carbocycles. The molecular weight excluding hydrogens is 453 g/mol. The Morgan fingerprint density at radius 2 is 1.79 bits per heavy atom. The van der Waals surface area contributed by atoms with Gasteiger partial charge in [-0.1, -0.05) is 18.2 Å². The second-order valence-corrected chi connectivity index (χ2v) is 8.35. The molecule has 1 aliphatic rings. The molecule has 1 fully saturated rings. The third kappa shape index (κ3) is 4.98. The lowest BCUT2D eigenvalue weighted by Crippen LogP contribution is -2.28. The van der Waals surface area contributed by atoms with Crippen LogP contribution in [0.1, 0.15) is 26.9 Å². The molecule has 0 spiro atoms. The number of ether oxygens (including phenoxy) is 1. The van der Waals surface area contributed by atoms with E-state index < -0.39 is 17.1 Å². The molecule has 0 aliphatic carbocycles. The Balaban J connectivity index is 1.56. The zero-order valence-electron chi connectivity index (χ0n) is 17.4. The summed E-state index contributed by atoms with van der Waals surface area (Å²) in [6.07, 6.45) is -4.45. The molecule has 5 nitrogen and oxygen atoms in total. The van der Waals surface area contributed by atoms with Crippen molar-refractivity contribution < 1.29 is 27.5 Å². The van der Waals surface area contributed by atoms with Gasteiger partial charge in [-0.2, -0.15) is 13.2 Å². The van der Waals surface area contributed by atoms with Crippen LogP contribution < -0.4 is 15.0 Å². The summed E-state index contributed by atoms with van der Waals surface area (Å²) in [5.41, 5.74) is 1.32. The number of anilines is 2. The van der Waals surface area contributed by atoms with Gasteiger partial charge < -0.3 is 10.1 Å². The summed E-state index contributed by atoms with van der Waals surface area (Å²) in [6, 6.07) is 18.3. The fourth-order valence-corrected chi connectivity index (χ4v) is 4.67. The highest BCUT2D eigenvalue weighted by Crippen LogP contribution is 2.43. The molecule has 170 valence electrons. The summed E-state index contributed by atoms with van der Waals surface area (Å²) in [5, 5.41) is 2.40. The maximum atomic E-state index is 12.9. The molecule has 1 aliphatic heterocycles. The van der Waals surface area contributed by atoms with Crippen molar-refractivity contribution in [1.29, 1.82) is 0 Å². The quantitative estimate of drug-likeness (QED) is 0.514. The second-order valence-electron chi connectivity index (χ2n) is 7.28. The number of nitrogens with zero attached hydrogens (tertiary/aromatic N) is 1. The first-order chi connectivity index (χ1) is 15.8. The van der Waals surface area contributed by atoms with E-state index in [1.807, 2.05) is 6.07 Å². The highest BCUT2D eigenvalue weighted by molar-refractivity contribution is 8.00. The van der Waals surface area contributed by atoms with Crippen LogP contribution in [0.4, 0.5) is 24.5 Å². The van der Waals surface area contributed by atoms with Gasteiger partial charge >= 0.3 is 6.18 Å². The summed E-state index contributed by atoms with van der Waals surface area (Å²) < 4.78 is 43.9. The zero-order chi connectivity index (χ0) is 23.6. The molecule has 1 saturated heterocycles. The van der Waals surface area contributed by atoms with Crippen molar-refractivity contribution in [1.82, 2.24) is 0 Å². The highest BCUT2D eigenvalue weighted by Gasteiger charge is 2.35. The molecule has 3 aromatic carbocycles. The van der Waals surface area contributed by atoms with Crippen LogP contribution in [0.5, 0.6) is 5.75 Å². The molecule has 1 heterocycles. The molecule has 1 atom stereocenters. The molecule has 0 aromatic heterocycles. The zero-order valence-corrected chi connectivity index (χ0v) is 18.2. The number of hydrogen-bond acceptors (Lipinski definition) is 4. The third-order valence-corrected chi connectivity index (χ3v) is 6.31. The van der Waals surface area contributed by atoms with E-state index in [1.165, 1.54) is 35.9 Å². The fourth-order valence-electron chi connectivity index (χ4n) is 3.50. The number of benzene rings is 3. The first-order valence-electron chi connectivity index (χ1n) is 9.92. The van der Waals surface area contributed by atoms with Crippen LogP contribution in [0.2, 0.25) is 0 Å². The Bertz CT molecular complexity index is 1180. The van der Waals surface area contributed by atoms with Crippen molar-refractivity contribution in [3.8, 4) is 5.75 Å². The molecule has 9 heteroatoms. The van der Waals surface area contributed by atoms with Gasteiger partial charge in [0.25, 0.3) is 5.91 Å². The first kappa shape index (κ1) is 22.7. The molecule has 0 bridgehead atoms. The van der Waals surface area contributed by atoms with Gasteiger partial charge in [0, 0.05) is 16.9 Å². The molecule has 0 radical (unpaired) electrons. The first-order valence-corrected chi connectivity index (χ1v) is 11.0. The second kappa shape index (κ2) is 9.19. The number of carbonyl (C=O) groups excluding carboxylic acids is 2. The predicted octanol–water partition coefficient (Wildman–Crippen LogP) is 5.74. The summed E-state index contributed by atoms with van der Waals surface area (Å²) in [7, 11) is 1.52. The summed E-state index contributed by atoms with van der Waals surface area (Å²) in [6.45, 7) is 0. The van der Waals surface area contributed by atoms with E-state index >= 15 is 0 Å². The van der Waals surface area contributed by atoms with Gasteiger partial charge in [0.1, 0.15) is 11.1 Å². The van der Waals surface area contributed by atoms with Crippen LogP contribution in [0.15, 0.2) is 72.8 Å². The van der Waals surface area contributed by atoms with Gasteiger partial charge in [-0.15, -0.1) is 11.8 Å². The Labute approximate surface area is 192 Å². The monoisotopic (exact) mass is 472 g/mol. The van der Waals surface area contributed by atoms with E-state index in [4.69, 9.17) is 4.74 Å². The van der Waals surface area contributed by atoms with E-state index in [-0.39, 0.29) is 17.6 Å². The number of rotatable bonds is 5. The maximum absolute atomic E-state index is 12.9. The van der Waals surface area contributed by atoms with Crippen molar-refractivity contribution in [2.45, 2.75) is 11.6 Å². The largest absolute Gasteiger partial charge is 0.497 e. The lowest BCUT2D eigenvalue weighted by molar-refractivity contribution is -0.137. The minimum Gasteiger partial charge on any atom is -0.497 e. The van der Waals surface area contributed by atoms with Crippen molar-refractivity contribution in [3.63, 3.8) is 0 Å². The number of alkyl halides is 3. The predicted molar refractivity (Wildman–Crippen MR) is 122 cm³/mol. The minimum atomic E-state index is -4.45. The van der Waals surface area contributed by atoms with Gasteiger partial charge in [0.2, 0.25) is 5.91 Å². The standard InChI is InChI=1S/C24H19F3N2O3S/c1-32-20-7-3-4-15(13-20)22(31)28-18-6-2-5-16(12-18)23-29(21(30)14-33-23)19-10-8-17(9-11-19)24(25,26)27/h2-13,23H,14H2,1H3,(H,28,31)/t23-/m0/s1. The average molecular weight is 472 g/mol. The normalized spacial score (nSPS) is 16.1. The molecule has 0 unspecified atom stereocenters. The Morgan fingerprint density at radius 1 is 1.06 bits per heavy atom. The molecule has 4 rings (SSSR count). The average Bonchev–Trinajstić information content (AvgIpc) is 3.20. The number of nitrogens with one attached hydrogen (secondary N) is 1. The SMILES string of the molecule is COc1cccc(C(=O)Nc2cccc([C@@H]3SCC(=O)N3c3ccc(C(F)(F)F)cc3)c2)c1. The molecule has 2 amide bonds. The van der Waals surface area contributed by atoms with Gasteiger partial charge in [-0.05, 0) is 60.2 Å². The number of amides is 2. The topological polar surface area (TPSA) is 58.6 Å². The van der Waals surface area contributed by atoms with Gasteiger partial charge in [0.05, 0.1) is 18.4 Å². The Morgan fingerprint density at radius 3 is 2.48 bits per heavy atom. The number of hydrogen-bond donors (Lipinski definition) is 1. The summed E-state index contributed by atoms with van der Waals surface area (Å²) in [4.78, 5) is 26.7. The van der Waals surface area contributed by atoms with Crippen molar-refractivity contribution >= 4 is 35.0 Å². The molecular formula is C24H19F3N2O3S. The van der Waals surface area contributed by atoms with Gasteiger partial charge in [-0.3, -0.25) is 14.5 Å². The molecule has 3 aromatic rings. The summed E-state index contributed by atoms with van der Waals surface area (Å²) >= 11 is 1.37. The Hall–Kier alpha value is -3.46. The van der Waals surface area contributed by atoms with Crippen LogP contribution >= 0.6 is 11.8 Å². The van der Waals surface area contributed by atoms with Crippen molar-refractivity contribution in [2.24, 2.45) is 0 Å². The Kier molecular flexibility index (Phi) is 6.33. The number of methoxy groups -OCH3 is 1. The summed E-state index contributed by atoms with van der Waals surface area (Å²) in [5.74, 6) is 0.243. The number of thioether (sulfide) groups is 1. The van der Waals surface area contributed by atoms with Crippen molar-refractivity contribution in [2.75, 3.05) is 23.1 Å². The van der Waals surface area contributed by atoms with Crippen LogP contribution in [0.25, 0.3) is 0 Å².